The van der Waals surface area contributed by atoms with Gasteiger partial charge in [-0.15, -0.1) is 10.2 Å². The summed E-state index contributed by atoms with van der Waals surface area (Å²) < 4.78 is 5.31. The lowest BCUT2D eigenvalue weighted by atomic mass is 10.2. The van der Waals surface area contributed by atoms with E-state index in [2.05, 4.69) is 15.5 Å². The van der Waals surface area contributed by atoms with E-state index in [1.54, 1.807) is 6.07 Å². The molecule has 2 rings (SSSR count). The Morgan fingerprint density at radius 2 is 2.25 bits per heavy atom. The number of hydrogen-bond acceptors (Lipinski definition) is 5. The predicted molar refractivity (Wildman–Crippen MR) is 79.2 cm³/mol. The number of amides is 1. The zero-order valence-electron chi connectivity index (χ0n) is 11.1. The molecule has 0 radical (unpaired) electrons. The van der Waals surface area contributed by atoms with Gasteiger partial charge in [-0.2, -0.15) is 0 Å². The predicted octanol–water partition coefficient (Wildman–Crippen LogP) is 3.32. The average molecular weight is 312 g/mol. The number of rotatable bonds is 5. The number of thioether (sulfide) groups is 1. The van der Waals surface area contributed by atoms with E-state index in [1.165, 1.54) is 11.8 Å². The van der Waals surface area contributed by atoms with Crippen LogP contribution in [0.3, 0.4) is 0 Å². The minimum atomic E-state index is -0.147. The third-order valence-electron chi connectivity index (χ3n) is 2.53. The largest absolute Gasteiger partial charge is 0.416 e. The van der Waals surface area contributed by atoms with Crippen LogP contribution < -0.4 is 5.32 Å². The first-order valence-corrected chi connectivity index (χ1v) is 7.46. The third kappa shape index (κ3) is 3.98. The second kappa shape index (κ2) is 6.76. The topological polar surface area (TPSA) is 68.0 Å². The first-order valence-electron chi connectivity index (χ1n) is 6.09. The minimum absolute atomic E-state index is 0.147. The number of nitrogens with one attached hydrogen (secondary N) is 1. The van der Waals surface area contributed by atoms with Crippen molar-refractivity contribution < 1.29 is 9.21 Å². The molecule has 20 heavy (non-hydrogen) atoms. The molecule has 0 aliphatic rings. The van der Waals surface area contributed by atoms with Gasteiger partial charge in [-0.1, -0.05) is 36.4 Å². The maximum absolute atomic E-state index is 11.8. The van der Waals surface area contributed by atoms with E-state index in [0.29, 0.717) is 28.2 Å². The van der Waals surface area contributed by atoms with E-state index in [0.717, 1.165) is 5.56 Å². The normalized spacial score (nSPS) is 10.6. The summed E-state index contributed by atoms with van der Waals surface area (Å²) in [5.41, 5.74) is 1.64. The standard InChI is InChI=1S/C13H14ClN3O2S/c1-3-12-16-17-13(19-12)20-7-11(18)15-9-5-4-8(2)10(14)6-9/h4-6H,3,7H2,1-2H3,(H,15,18). The Kier molecular flexibility index (Phi) is 5.03. The minimum Gasteiger partial charge on any atom is -0.416 e. The highest BCUT2D eigenvalue weighted by Crippen LogP contribution is 2.21. The molecular formula is C13H14ClN3O2S. The number of aryl methyl sites for hydroxylation is 2. The number of anilines is 1. The van der Waals surface area contributed by atoms with Crippen molar-refractivity contribution in [1.29, 1.82) is 0 Å². The first kappa shape index (κ1) is 14.9. The molecule has 1 heterocycles. The molecule has 106 valence electrons. The molecule has 0 saturated heterocycles. The second-order valence-corrected chi connectivity index (χ2v) is 5.45. The summed E-state index contributed by atoms with van der Waals surface area (Å²) in [6.45, 7) is 3.83. The number of carbonyl (C=O) groups is 1. The van der Waals surface area contributed by atoms with Gasteiger partial charge in [0.1, 0.15) is 0 Å². The van der Waals surface area contributed by atoms with Gasteiger partial charge in [0.05, 0.1) is 5.75 Å². The molecule has 0 spiro atoms. The monoisotopic (exact) mass is 311 g/mol. The molecule has 0 atom stereocenters. The van der Waals surface area contributed by atoms with Crippen molar-refractivity contribution in [3.63, 3.8) is 0 Å². The Morgan fingerprint density at radius 3 is 2.90 bits per heavy atom. The third-order valence-corrected chi connectivity index (χ3v) is 3.76. The Labute approximate surface area is 126 Å². The molecule has 1 N–H and O–H groups in total. The van der Waals surface area contributed by atoms with Gasteiger partial charge in [0.2, 0.25) is 11.8 Å². The van der Waals surface area contributed by atoms with E-state index in [1.807, 2.05) is 26.0 Å². The van der Waals surface area contributed by atoms with Gasteiger partial charge in [0, 0.05) is 17.1 Å². The van der Waals surface area contributed by atoms with Crippen LogP contribution in [0, 0.1) is 6.92 Å². The highest BCUT2D eigenvalue weighted by Gasteiger charge is 2.09. The molecule has 1 aromatic carbocycles. The number of nitrogens with zero attached hydrogens (tertiary/aromatic N) is 2. The number of carbonyl (C=O) groups excluding carboxylic acids is 1. The van der Waals surface area contributed by atoms with Crippen LogP contribution in [-0.4, -0.2) is 21.9 Å². The fourth-order valence-electron chi connectivity index (χ4n) is 1.43. The SMILES string of the molecule is CCc1nnc(SCC(=O)Nc2ccc(C)c(Cl)c2)o1. The van der Waals surface area contributed by atoms with Gasteiger partial charge < -0.3 is 9.73 Å². The molecule has 1 aromatic heterocycles. The van der Waals surface area contributed by atoms with E-state index in [4.69, 9.17) is 16.0 Å². The smallest absolute Gasteiger partial charge is 0.277 e. The molecule has 0 aliphatic carbocycles. The quantitative estimate of drug-likeness (QED) is 0.858. The lowest BCUT2D eigenvalue weighted by Gasteiger charge is -2.05. The van der Waals surface area contributed by atoms with Crippen LogP contribution >= 0.6 is 23.4 Å². The van der Waals surface area contributed by atoms with Gasteiger partial charge in [0.25, 0.3) is 5.22 Å². The molecule has 0 fully saturated rings. The van der Waals surface area contributed by atoms with Crippen molar-refractivity contribution in [2.24, 2.45) is 0 Å². The molecule has 5 nitrogen and oxygen atoms in total. The molecule has 0 aliphatic heterocycles. The van der Waals surface area contributed by atoms with Crippen molar-refractivity contribution in [1.82, 2.24) is 10.2 Å². The lowest BCUT2D eigenvalue weighted by molar-refractivity contribution is -0.113. The summed E-state index contributed by atoms with van der Waals surface area (Å²) in [7, 11) is 0. The molecule has 0 saturated carbocycles. The van der Waals surface area contributed by atoms with Crippen LogP contribution in [0.1, 0.15) is 18.4 Å². The number of halogens is 1. The van der Waals surface area contributed by atoms with Gasteiger partial charge in [-0.05, 0) is 24.6 Å². The number of benzene rings is 1. The van der Waals surface area contributed by atoms with Crippen molar-refractivity contribution >= 4 is 35.0 Å². The molecule has 2 aromatic rings. The fraction of sp³-hybridized carbons (Fsp3) is 0.308. The summed E-state index contributed by atoms with van der Waals surface area (Å²) in [5, 5.41) is 11.5. The summed E-state index contributed by atoms with van der Waals surface area (Å²) >= 11 is 7.21. The van der Waals surface area contributed by atoms with E-state index < -0.39 is 0 Å². The van der Waals surface area contributed by atoms with Gasteiger partial charge in [-0.25, -0.2) is 0 Å². The van der Waals surface area contributed by atoms with Crippen molar-refractivity contribution in [2.45, 2.75) is 25.5 Å². The van der Waals surface area contributed by atoms with Crippen molar-refractivity contribution in [3.8, 4) is 0 Å². The van der Waals surface area contributed by atoms with Gasteiger partial charge >= 0.3 is 0 Å². The fourth-order valence-corrected chi connectivity index (χ4v) is 2.20. The van der Waals surface area contributed by atoms with Crippen LogP contribution in [0.5, 0.6) is 0 Å². The zero-order chi connectivity index (χ0) is 14.5. The Bertz CT molecular complexity index is 615. The highest BCUT2D eigenvalue weighted by atomic mass is 35.5. The molecule has 7 heteroatoms. The maximum Gasteiger partial charge on any atom is 0.277 e. The summed E-state index contributed by atoms with van der Waals surface area (Å²) in [6, 6.07) is 5.39. The van der Waals surface area contributed by atoms with E-state index in [9.17, 15) is 4.79 Å². The van der Waals surface area contributed by atoms with E-state index >= 15 is 0 Å². The molecule has 0 unspecified atom stereocenters. The van der Waals surface area contributed by atoms with Crippen LogP contribution in [0.2, 0.25) is 5.02 Å². The number of hydrogen-bond donors (Lipinski definition) is 1. The van der Waals surface area contributed by atoms with Crippen LogP contribution in [0.4, 0.5) is 5.69 Å². The maximum atomic E-state index is 11.8. The summed E-state index contributed by atoms with van der Waals surface area (Å²) in [6.07, 6.45) is 0.682. The van der Waals surface area contributed by atoms with Crippen LogP contribution in [0.25, 0.3) is 0 Å². The van der Waals surface area contributed by atoms with Gasteiger partial charge in [0.15, 0.2) is 0 Å². The first-order chi connectivity index (χ1) is 9.58. The van der Waals surface area contributed by atoms with E-state index in [-0.39, 0.29) is 11.7 Å². The van der Waals surface area contributed by atoms with Gasteiger partial charge in [-0.3, -0.25) is 4.79 Å². The van der Waals surface area contributed by atoms with Crippen LogP contribution in [-0.2, 0) is 11.2 Å². The average Bonchev–Trinajstić information content (AvgIpc) is 2.89. The summed E-state index contributed by atoms with van der Waals surface area (Å²) in [5.74, 6) is 0.626. The lowest BCUT2D eigenvalue weighted by Crippen LogP contribution is -2.14. The summed E-state index contributed by atoms with van der Waals surface area (Å²) in [4.78, 5) is 11.8. The second-order valence-electron chi connectivity index (χ2n) is 4.12. The Balaban J connectivity index is 1.87. The molecule has 0 bridgehead atoms. The Morgan fingerprint density at radius 1 is 1.45 bits per heavy atom. The van der Waals surface area contributed by atoms with Crippen LogP contribution in [0.15, 0.2) is 27.8 Å². The van der Waals surface area contributed by atoms with Crippen molar-refractivity contribution in [3.05, 3.63) is 34.7 Å². The zero-order valence-corrected chi connectivity index (χ0v) is 12.7. The molecular weight excluding hydrogens is 298 g/mol. The number of aromatic nitrogens is 2. The molecule has 1 amide bonds. The Hall–Kier alpha value is -1.53. The highest BCUT2D eigenvalue weighted by molar-refractivity contribution is 7.99. The van der Waals surface area contributed by atoms with Crippen molar-refractivity contribution in [2.75, 3.05) is 11.1 Å².